The summed E-state index contributed by atoms with van der Waals surface area (Å²) in [5.74, 6) is 0. The van der Waals surface area contributed by atoms with Crippen LogP contribution in [0.5, 0.6) is 0 Å². The van der Waals surface area contributed by atoms with Crippen molar-refractivity contribution in [2.45, 2.75) is 71.3 Å². The fourth-order valence-electron chi connectivity index (χ4n) is 3.20. The van der Waals surface area contributed by atoms with Gasteiger partial charge in [-0.1, -0.05) is 64.1 Å². The lowest BCUT2D eigenvalue weighted by molar-refractivity contribution is -0.109. The van der Waals surface area contributed by atoms with Crippen molar-refractivity contribution in [1.29, 1.82) is 0 Å². The molecule has 0 saturated heterocycles. The zero-order chi connectivity index (χ0) is 17.9. The molecule has 1 unspecified atom stereocenters. The molecule has 2 aliphatic heterocycles. The fraction of sp³-hybridized carbons (Fsp3) is 0.650. The molecule has 0 aromatic heterocycles. The van der Waals surface area contributed by atoms with E-state index in [4.69, 9.17) is 4.74 Å². The molecular formula is C20H31NO2S. The van der Waals surface area contributed by atoms with Gasteiger partial charge in [0.05, 0.1) is 6.61 Å². The predicted molar refractivity (Wildman–Crippen MR) is 103 cm³/mol. The third-order valence-corrected chi connectivity index (χ3v) is 5.51. The Morgan fingerprint density at radius 2 is 2.17 bits per heavy atom. The number of nitrogens with zero attached hydrogens (tertiary/aromatic N) is 1. The Morgan fingerprint density at radius 1 is 1.46 bits per heavy atom. The van der Waals surface area contributed by atoms with Crippen molar-refractivity contribution < 1.29 is 9.53 Å². The molecule has 0 N–H and O–H groups in total. The first-order valence-electron chi connectivity index (χ1n) is 8.91. The molecule has 0 aliphatic carbocycles. The van der Waals surface area contributed by atoms with Crippen LogP contribution in [0.4, 0.5) is 0 Å². The Balaban J connectivity index is 2.22. The van der Waals surface area contributed by atoms with Gasteiger partial charge in [-0.3, -0.25) is 4.79 Å². The van der Waals surface area contributed by atoms with E-state index in [9.17, 15) is 4.79 Å². The number of thioether (sulfide) groups is 1. The van der Waals surface area contributed by atoms with Crippen LogP contribution in [0.15, 0.2) is 35.1 Å². The Hall–Kier alpha value is -1.00. The van der Waals surface area contributed by atoms with Crippen LogP contribution in [0.25, 0.3) is 0 Å². The van der Waals surface area contributed by atoms with Crippen molar-refractivity contribution >= 4 is 16.9 Å². The second-order valence-corrected chi connectivity index (χ2v) is 9.40. The molecular weight excluding hydrogens is 318 g/mol. The maximum Gasteiger partial charge on any atom is 0.217 e. The number of hydrogen-bond donors (Lipinski definition) is 0. The zero-order valence-electron chi connectivity index (χ0n) is 15.8. The molecule has 0 bridgehead atoms. The van der Waals surface area contributed by atoms with Crippen LogP contribution in [0.2, 0.25) is 0 Å². The van der Waals surface area contributed by atoms with Gasteiger partial charge in [0.15, 0.2) is 0 Å². The first-order valence-corrected chi connectivity index (χ1v) is 9.73. The van der Waals surface area contributed by atoms with Gasteiger partial charge in [0.1, 0.15) is 6.23 Å². The lowest BCUT2D eigenvalue weighted by atomic mass is 9.99. The van der Waals surface area contributed by atoms with Crippen molar-refractivity contribution in [3.8, 4) is 0 Å². The van der Waals surface area contributed by atoms with Crippen LogP contribution in [0.1, 0.15) is 60.3 Å². The third kappa shape index (κ3) is 4.76. The molecule has 0 radical (unpaired) electrons. The smallest absolute Gasteiger partial charge is 0.217 e. The van der Waals surface area contributed by atoms with E-state index in [1.807, 2.05) is 0 Å². The molecule has 2 heterocycles. The number of carbonyl (C=O) groups is 1. The van der Waals surface area contributed by atoms with E-state index >= 15 is 0 Å². The molecule has 24 heavy (non-hydrogen) atoms. The molecule has 4 heteroatoms. The summed E-state index contributed by atoms with van der Waals surface area (Å²) in [5, 5.41) is 0.209. The summed E-state index contributed by atoms with van der Waals surface area (Å²) in [4.78, 5) is 15.0. The van der Waals surface area contributed by atoms with E-state index in [2.05, 4.69) is 52.2 Å². The number of hydrogen-bond acceptors (Lipinski definition) is 4. The van der Waals surface area contributed by atoms with Gasteiger partial charge in [-0.15, -0.1) is 0 Å². The number of rotatable bonds is 4. The van der Waals surface area contributed by atoms with Gasteiger partial charge in [-0.2, -0.15) is 0 Å². The highest BCUT2D eigenvalue weighted by Crippen LogP contribution is 2.36. The van der Waals surface area contributed by atoms with E-state index in [0.717, 1.165) is 43.5 Å². The molecule has 0 aromatic rings. The maximum absolute atomic E-state index is 12.7. The highest BCUT2D eigenvalue weighted by atomic mass is 32.2. The predicted octanol–water partition coefficient (Wildman–Crippen LogP) is 5.05. The molecule has 2 rings (SSSR count). The number of ether oxygens (including phenoxy) is 1. The first kappa shape index (κ1) is 19.3. The molecule has 1 atom stereocenters. The topological polar surface area (TPSA) is 29.5 Å². The van der Waals surface area contributed by atoms with Gasteiger partial charge in [0, 0.05) is 22.6 Å². The summed E-state index contributed by atoms with van der Waals surface area (Å²) in [6, 6.07) is 0. The highest BCUT2D eigenvalue weighted by Gasteiger charge is 2.32. The van der Waals surface area contributed by atoms with Crippen molar-refractivity contribution in [3.05, 3.63) is 35.1 Å². The van der Waals surface area contributed by atoms with E-state index < -0.39 is 0 Å². The molecule has 0 aromatic carbocycles. The van der Waals surface area contributed by atoms with Gasteiger partial charge in [0.25, 0.3) is 0 Å². The van der Waals surface area contributed by atoms with E-state index in [0.29, 0.717) is 6.61 Å². The molecule has 0 amide bonds. The normalized spacial score (nSPS) is 22.0. The molecule has 3 nitrogen and oxygen atoms in total. The summed E-state index contributed by atoms with van der Waals surface area (Å²) in [5.41, 5.74) is 4.48. The van der Waals surface area contributed by atoms with Crippen molar-refractivity contribution in [1.82, 2.24) is 4.90 Å². The second-order valence-electron chi connectivity index (χ2n) is 7.60. The Kier molecular flexibility index (Phi) is 6.38. The number of fused-ring (bicyclic) bond motifs is 1. The molecule has 0 spiro atoms. The van der Waals surface area contributed by atoms with Gasteiger partial charge in [-0.25, -0.2) is 0 Å². The van der Waals surface area contributed by atoms with Crippen LogP contribution in [-0.4, -0.2) is 34.1 Å². The Labute approximate surface area is 151 Å². The van der Waals surface area contributed by atoms with Crippen LogP contribution in [0, 0.1) is 0 Å². The monoisotopic (exact) mass is 349 g/mol. The van der Waals surface area contributed by atoms with Crippen LogP contribution in [-0.2, 0) is 9.53 Å². The lowest BCUT2D eigenvalue weighted by Gasteiger charge is -2.38. The van der Waals surface area contributed by atoms with E-state index in [-0.39, 0.29) is 16.1 Å². The minimum Gasteiger partial charge on any atom is -0.354 e. The average molecular weight is 350 g/mol. The Morgan fingerprint density at radius 3 is 2.79 bits per heavy atom. The standard InChI is InChI=1S/C20H31NO2S/c1-7-8-14(2)16-11-12-23-18-10-9-17(15(3)21(18)13-16)19(22)24-20(4,5)6/h11,18H,2,7-10,12-13H2,1,3-6H3. The quantitative estimate of drug-likeness (QED) is 0.710. The van der Waals surface area contributed by atoms with E-state index in [1.165, 1.54) is 22.9 Å². The molecule has 2 aliphatic rings. The van der Waals surface area contributed by atoms with Crippen molar-refractivity contribution in [3.63, 3.8) is 0 Å². The third-order valence-electron chi connectivity index (χ3n) is 4.47. The molecule has 0 saturated carbocycles. The average Bonchev–Trinajstić information content (AvgIpc) is 2.69. The second kappa shape index (κ2) is 7.92. The summed E-state index contributed by atoms with van der Waals surface area (Å²) < 4.78 is 5.96. The minimum absolute atomic E-state index is 0.0586. The number of carbonyl (C=O) groups excluding carboxylic acids is 1. The molecule has 0 fully saturated rings. The summed E-state index contributed by atoms with van der Waals surface area (Å²) in [7, 11) is 0. The summed E-state index contributed by atoms with van der Waals surface area (Å²) >= 11 is 1.43. The SMILES string of the molecule is C=C(CCC)C1=CCOC2CCC(C(=O)SC(C)(C)C)=C(C)N2C1. The van der Waals surface area contributed by atoms with Crippen LogP contribution < -0.4 is 0 Å². The van der Waals surface area contributed by atoms with Crippen molar-refractivity contribution in [2.75, 3.05) is 13.2 Å². The van der Waals surface area contributed by atoms with Gasteiger partial charge < -0.3 is 9.64 Å². The summed E-state index contributed by atoms with van der Waals surface area (Å²) in [6.45, 7) is 16.2. The van der Waals surface area contributed by atoms with Gasteiger partial charge in [-0.05, 0) is 31.8 Å². The fourth-order valence-corrected chi connectivity index (χ4v) is 4.13. The van der Waals surface area contributed by atoms with Crippen molar-refractivity contribution in [2.24, 2.45) is 0 Å². The summed E-state index contributed by atoms with van der Waals surface area (Å²) in [6.07, 6.45) is 6.03. The lowest BCUT2D eigenvalue weighted by Crippen LogP contribution is -2.40. The van der Waals surface area contributed by atoms with Gasteiger partial charge >= 0.3 is 0 Å². The first-order chi connectivity index (χ1) is 11.2. The molecule has 134 valence electrons. The maximum atomic E-state index is 12.7. The minimum atomic E-state index is -0.0586. The van der Waals surface area contributed by atoms with E-state index in [1.54, 1.807) is 0 Å². The zero-order valence-corrected chi connectivity index (χ0v) is 16.6. The van der Waals surface area contributed by atoms with Crippen LogP contribution in [0.3, 0.4) is 0 Å². The largest absolute Gasteiger partial charge is 0.354 e. The number of allylic oxidation sites excluding steroid dienone is 1. The highest BCUT2D eigenvalue weighted by molar-refractivity contribution is 8.15. The van der Waals surface area contributed by atoms with Gasteiger partial charge in [0.2, 0.25) is 5.12 Å². The Bertz CT molecular complexity index is 569. The van der Waals surface area contributed by atoms with Crippen LogP contribution >= 0.6 is 11.8 Å².